The Morgan fingerprint density at radius 1 is 1.23 bits per heavy atom. The van der Waals surface area contributed by atoms with Gasteiger partial charge >= 0.3 is 0 Å². The third-order valence-electron chi connectivity index (χ3n) is 4.87. The van der Waals surface area contributed by atoms with Crippen LogP contribution in [0.4, 0.5) is 11.4 Å². The van der Waals surface area contributed by atoms with Crippen molar-refractivity contribution in [1.29, 1.82) is 0 Å². The van der Waals surface area contributed by atoms with Gasteiger partial charge in [0, 0.05) is 29.2 Å². The first-order chi connectivity index (χ1) is 12.5. The highest BCUT2D eigenvalue weighted by molar-refractivity contribution is 7.98. The van der Waals surface area contributed by atoms with Crippen LogP contribution in [0.15, 0.2) is 47.4 Å². The van der Waals surface area contributed by atoms with E-state index in [1.165, 1.54) is 0 Å². The number of nitrogens with one attached hydrogen (secondary N) is 1. The van der Waals surface area contributed by atoms with E-state index in [4.69, 9.17) is 0 Å². The molecule has 1 unspecified atom stereocenters. The predicted molar refractivity (Wildman–Crippen MR) is 108 cm³/mol. The van der Waals surface area contributed by atoms with Crippen LogP contribution < -0.4 is 10.2 Å². The van der Waals surface area contributed by atoms with Crippen molar-refractivity contribution in [2.75, 3.05) is 23.0 Å². The molecule has 0 saturated carbocycles. The number of benzene rings is 2. The van der Waals surface area contributed by atoms with Crippen LogP contribution in [0.1, 0.15) is 24.5 Å². The fraction of sp³-hybridized carbons (Fsp3) is 0.333. The normalized spacial score (nSPS) is 16.8. The number of thioether (sulfide) groups is 1. The number of carbonyl (C=O) groups is 2. The summed E-state index contributed by atoms with van der Waals surface area (Å²) in [5.41, 5.74) is 3.90. The molecule has 136 valence electrons. The topological polar surface area (TPSA) is 49.4 Å². The SMILES string of the molecule is CCc1cccc(C)c1NC(=O)C1CC(=O)N(c2ccc(SC)cc2)C1. The van der Waals surface area contributed by atoms with Crippen molar-refractivity contribution < 1.29 is 9.59 Å². The van der Waals surface area contributed by atoms with E-state index in [1.54, 1.807) is 16.7 Å². The van der Waals surface area contributed by atoms with Crippen molar-refractivity contribution in [1.82, 2.24) is 0 Å². The van der Waals surface area contributed by atoms with Crippen LogP contribution >= 0.6 is 11.8 Å². The van der Waals surface area contributed by atoms with Crippen LogP contribution in [0, 0.1) is 12.8 Å². The highest BCUT2D eigenvalue weighted by Gasteiger charge is 2.35. The first-order valence-corrected chi connectivity index (χ1v) is 10.1. The van der Waals surface area contributed by atoms with Gasteiger partial charge in [-0.2, -0.15) is 0 Å². The molecule has 1 aliphatic heterocycles. The summed E-state index contributed by atoms with van der Waals surface area (Å²) in [6.45, 7) is 4.49. The molecule has 0 radical (unpaired) electrons. The fourth-order valence-electron chi connectivity index (χ4n) is 3.32. The van der Waals surface area contributed by atoms with E-state index in [9.17, 15) is 9.59 Å². The summed E-state index contributed by atoms with van der Waals surface area (Å²) in [6.07, 6.45) is 3.13. The smallest absolute Gasteiger partial charge is 0.229 e. The Balaban J connectivity index is 1.73. The second-order valence-electron chi connectivity index (χ2n) is 6.56. The van der Waals surface area contributed by atoms with Gasteiger partial charge in [-0.1, -0.05) is 25.1 Å². The molecule has 0 aliphatic carbocycles. The monoisotopic (exact) mass is 368 g/mol. The summed E-state index contributed by atoms with van der Waals surface area (Å²) in [5, 5.41) is 3.06. The first-order valence-electron chi connectivity index (χ1n) is 8.87. The molecular weight excluding hydrogens is 344 g/mol. The molecular formula is C21H24N2O2S. The van der Waals surface area contributed by atoms with Gasteiger partial charge in [0.2, 0.25) is 11.8 Å². The number of carbonyl (C=O) groups excluding carboxylic acids is 2. The number of aryl methyl sites for hydroxylation is 2. The number of nitrogens with zero attached hydrogens (tertiary/aromatic N) is 1. The van der Waals surface area contributed by atoms with Crippen molar-refractivity contribution in [2.45, 2.75) is 31.6 Å². The molecule has 1 aliphatic rings. The molecule has 26 heavy (non-hydrogen) atoms. The average Bonchev–Trinajstić information content (AvgIpc) is 3.05. The summed E-state index contributed by atoms with van der Waals surface area (Å²) in [5.74, 6) is -0.403. The van der Waals surface area contributed by atoms with Gasteiger partial charge in [0.25, 0.3) is 0 Å². The Morgan fingerprint density at radius 3 is 2.62 bits per heavy atom. The lowest BCUT2D eigenvalue weighted by molar-refractivity contribution is -0.122. The average molecular weight is 369 g/mol. The minimum Gasteiger partial charge on any atom is -0.325 e. The Labute approximate surface area is 159 Å². The zero-order valence-electron chi connectivity index (χ0n) is 15.4. The zero-order valence-corrected chi connectivity index (χ0v) is 16.2. The standard InChI is InChI=1S/C21H24N2O2S/c1-4-15-7-5-6-14(2)20(15)22-21(25)16-12-19(24)23(13-16)17-8-10-18(26-3)11-9-17/h5-11,16H,4,12-13H2,1-3H3,(H,22,25). The summed E-state index contributed by atoms with van der Waals surface area (Å²) in [4.78, 5) is 28.1. The van der Waals surface area contributed by atoms with E-state index in [2.05, 4.69) is 12.2 Å². The van der Waals surface area contributed by atoms with E-state index >= 15 is 0 Å². The number of amides is 2. The van der Waals surface area contributed by atoms with Gasteiger partial charge in [-0.15, -0.1) is 11.8 Å². The molecule has 3 rings (SSSR count). The van der Waals surface area contributed by atoms with Crippen molar-refractivity contribution >= 4 is 35.0 Å². The van der Waals surface area contributed by atoms with E-state index in [0.29, 0.717) is 6.54 Å². The van der Waals surface area contributed by atoms with Gasteiger partial charge in [-0.3, -0.25) is 9.59 Å². The molecule has 1 atom stereocenters. The van der Waals surface area contributed by atoms with E-state index in [0.717, 1.165) is 33.8 Å². The van der Waals surface area contributed by atoms with Crippen LogP contribution in [-0.4, -0.2) is 24.6 Å². The summed E-state index contributed by atoms with van der Waals surface area (Å²) in [7, 11) is 0. The molecule has 0 spiro atoms. The van der Waals surface area contributed by atoms with Crippen LogP contribution in [0.2, 0.25) is 0 Å². The molecule has 1 heterocycles. The van der Waals surface area contributed by atoms with E-state index < -0.39 is 0 Å². The van der Waals surface area contributed by atoms with Crippen molar-refractivity contribution in [3.63, 3.8) is 0 Å². The van der Waals surface area contributed by atoms with E-state index in [-0.39, 0.29) is 24.2 Å². The largest absolute Gasteiger partial charge is 0.325 e. The quantitative estimate of drug-likeness (QED) is 0.802. The number of hydrogen-bond acceptors (Lipinski definition) is 3. The third kappa shape index (κ3) is 3.78. The van der Waals surface area contributed by atoms with Crippen molar-refractivity contribution in [2.24, 2.45) is 5.92 Å². The molecule has 2 aromatic rings. The first kappa shape index (κ1) is 18.5. The maximum atomic E-state index is 12.8. The molecule has 1 N–H and O–H groups in total. The van der Waals surface area contributed by atoms with Gasteiger partial charge in [0.05, 0.1) is 5.92 Å². The number of rotatable bonds is 5. The van der Waals surface area contributed by atoms with Gasteiger partial charge in [-0.25, -0.2) is 0 Å². The lowest BCUT2D eigenvalue weighted by Gasteiger charge is -2.18. The van der Waals surface area contributed by atoms with Gasteiger partial charge in [0.1, 0.15) is 0 Å². The van der Waals surface area contributed by atoms with Crippen LogP contribution in [0.25, 0.3) is 0 Å². The Morgan fingerprint density at radius 2 is 1.96 bits per heavy atom. The number of anilines is 2. The Bertz CT molecular complexity index is 817. The predicted octanol–water partition coefficient (Wildman–Crippen LogP) is 4.27. The zero-order chi connectivity index (χ0) is 18.7. The molecule has 2 aromatic carbocycles. The second-order valence-corrected chi connectivity index (χ2v) is 7.43. The molecule has 1 saturated heterocycles. The minimum absolute atomic E-state index is 0.00236. The van der Waals surface area contributed by atoms with Gasteiger partial charge in [0.15, 0.2) is 0 Å². The van der Waals surface area contributed by atoms with Gasteiger partial charge < -0.3 is 10.2 Å². The summed E-state index contributed by atoms with van der Waals surface area (Å²) >= 11 is 1.66. The maximum Gasteiger partial charge on any atom is 0.229 e. The fourth-order valence-corrected chi connectivity index (χ4v) is 3.73. The summed E-state index contributed by atoms with van der Waals surface area (Å²) < 4.78 is 0. The molecule has 1 fully saturated rings. The second kappa shape index (κ2) is 7.96. The molecule has 0 aromatic heterocycles. The number of para-hydroxylation sites is 1. The maximum absolute atomic E-state index is 12.8. The van der Waals surface area contributed by atoms with Crippen LogP contribution in [0.5, 0.6) is 0 Å². The molecule has 0 bridgehead atoms. The van der Waals surface area contributed by atoms with E-state index in [1.807, 2.05) is 55.6 Å². The summed E-state index contributed by atoms with van der Waals surface area (Å²) in [6, 6.07) is 13.9. The van der Waals surface area contributed by atoms with Crippen LogP contribution in [0.3, 0.4) is 0 Å². The lowest BCUT2D eigenvalue weighted by Crippen LogP contribution is -2.28. The Hall–Kier alpha value is -2.27. The van der Waals surface area contributed by atoms with Crippen LogP contribution in [-0.2, 0) is 16.0 Å². The highest BCUT2D eigenvalue weighted by atomic mass is 32.2. The Kier molecular flexibility index (Phi) is 5.67. The lowest BCUT2D eigenvalue weighted by atomic mass is 10.0. The molecule has 2 amide bonds. The number of hydrogen-bond donors (Lipinski definition) is 1. The van der Waals surface area contributed by atoms with Crippen molar-refractivity contribution in [3.8, 4) is 0 Å². The third-order valence-corrected chi connectivity index (χ3v) is 5.61. The minimum atomic E-state index is -0.327. The van der Waals surface area contributed by atoms with Gasteiger partial charge in [-0.05, 0) is 55.0 Å². The highest BCUT2D eigenvalue weighted by Crippen LogP contribution is 2.29. The molecule has 4 nitrogen and oxygen atoms in total. The molecule has 5 heteroatoms. The van der Waals surface area contributed by atoms with Crippen molar-refractivity contribution in [3.05, 3.63) is 53.6 Å².